The minimum Gasteiger partial charge on any atom is -0.462 e. The number of nitrogens with zero attached hydrogens (tertiary/aromatic N) is 1. The topological polar surface area (TPSA) is 31.2 Å². The molecule has 0 unspecified atom stereocenters. The molecule has 0 atom stereocenters. The molecular weight excluding hydrogens is 238 g/mol. The Morgan fingerprint density at radius 1 is 1.35 bits per heavy atom. The van der Waals surface area contributed by atoms with Gasteiger partial charge in [0.25, 0.3) is 0 Å². The third-order valence-electron chi connectivity index (χ3n) is 2.34. The number of benzene rings is 1. The van der Waals surface area contributed by atoms with Crippen LogP contribution in [0.5, 0.6) is 0 Å². The van der Waals surface area contributed by atoms with Crippen molar-refractivity contribution in [1.82, 2.24) is 4.57 Å². The summed E-state index contributed by atoms with van der Waals surface area (Å²) >= 11 is 6.10. The van der Waals surface area contributed by atoms with E-state index in [1.165, 1.54) is 0 Å². The first kappa shape index (κ1) is 11.7. The zero-order chi connectivity index (χ0) is 12.3. The Labute approximate surface area is 105 Å². The van der Waals surface area contributed by atoms with Gasteiger partial charge in [0.05, 0.1) is 22.9 Å². The molecule has 1 heterocycles. The fourth-order valence-corrected chi connectivity index (χ4v) is 1.76. The number of halogens is 1. The average Bonchev–Trinajstić information content (AvgIpc) is 2.83. The molecule has 0 aliphatic rings. The maximum Gasteiger partial charge on any atom is 0.338 e. The summed E-state index contributed by atoms with van der Waals surface area (Å²) in [5.41, 5.74) is 1.27. The molecule has 0 bridgehead atoms. The molecular formula is C13H12ClNO2. The van der Waals surface area contributed by atoms with Crippen molar-refractivity contribution in [3.05, 3.63) is 53.3 Å². The number of aromatic nitrogens is 1. The van der Waals surface area contributed by atoms with Crippen LogP contribution in [0.4, 0.5) is 0 Å². The fraction of sp³-hybridized carbons (Fsp3) is 0.154. The molecule has 4 heteroatoms. The number of rotatable bonds is 3. The van der Waals surface area contributed by atoms with E-state index in [2.05, 4.69) is 0 Å². The smallest absolute Gasteiger partial charge is 0.338 e. The Morgan fingerprint density at radius 2 is 2.06 bits per heavy atom. The second-order valence-corrected chi connectivity index (χ2v) is 3.88. The summed E-state index contributed by atoms with van der Waals surface area (Å²) in [6, 6.07) is 8.87. The second-order valence-electron chi connectivity index (χ2n) is 3.48. The normalized spacial score (nSPS) is 10.2. The summed E-state index contributed by atoms with van der Waals surface area (Å²) < 4.78 is 6.80. The molecule has 0 saturated carbocycles. The van der Waals surface area contributed by atoms with Gasteiger partial charge in [-0.15, -0.1) is 0 Å². The van der Waals surface area contributed by atoms with Crippen LogP contribution in [0.1, 0.15) is 17.3 Å². The lowest BCUT2D eigenvalue weighted by molar-refractivity contribution is 0.0526. The first-order valence-electron chi connectivity index (χ1n) is 5.32. The number of ether oxygens (including phenoxy) is 1. The molecule has 3 nitrogen and oxygen atoms in total. The summed E-state index contributed by atoms with van der Waals surface area (Å²) in [5.74, 6) is -0.336. The van der Waals surface area contributed by atoms with Crippen molar-refractivity contribution in [2.24, 2.45) is 0 Å². The van der Waals surface area contributed by atoms with Gasteiger partial charge in [0.15, 0.2) is 0 Å². The van der Waals surface area contributed by atoms with Crippen LogP contribution < -0.4 is 0 Å². The molecule has 2 rings (SSSR count). The Bertz CT molecular complexity index is 520. The molecule has 0 aliphatic carbocycles. The van der Waals surface area contributed by atoms with Crippen LogP contribution in [0.25, 0.3) is 5.69 Å². The van der Waals surface area contributed by atoms with Gasteiger partial charge in [0.2, 0.25) is 0 Å². The number of hydrogen-bond donors (Lipinski definition) is 0. The third kappa shape index (κ3) is 2.50. The number of hydrogen-bond acceptors (Lipinski definition) is 2. The molecule has 0 N–H and O–H groups in total. The summed E-state index contributed by atoms with van der Waals surface area (Å²) in [4.78, 5) is 11.6. The van der Waals surface area contributed by atoms with Crippen molar-refractivity contribution in [2.45, 2.75) is 6.92 Å². The first-order chi connectivity index (χ1) is 8.22. The molecule has 0 saturated heterocycles. The number of carbonyl (C=O) groups excluding carboxylic acids is 1. The molecule has 0 fully saturated rings. The molecule has 1 aromatic heterocycles. The zero-order valence-corrected chi connectivity index (χ0v) is 10.1. The van der Waals surface area contributed by atoms with Gasteiger partial charge in [0.1, 0.15) is 0 Å². The Balaban J connectivity index is 2.40. The molecule has 88 valence electrons. The molecule has 0 spiro atoms. The fourth-order valence-electron chi connectivity index (χ4n) is 1.55. The maximum atomic E-state index is 11.6. The van der Waals surface area contributed by atoms with Crippen LogP contribution in [0.3, 0.4) is 0 Å². The Hall–Kier alpha value is -1.74. The summed E-state index contributed by atoms with van der Waals surface area (Å²) in [6.45, 7) is 2.14. The van der Waals surface area contributed by atoms with Crippen LogP contribution in [0, 0.1) is 0 Å². The van der Waals surface area contributed by atoms with Crippen LogP contribution in [-0.2, 0) is 4.74 Å². The minimum atomic E-state index is -0.336. The van der Waals surface area contributed by atoms with Gasteiger partial charge in [0, 0.05) is 12.4 Å². The van der Waals surface area contributed by atoms with E-state index < -0.39 is 0 Å². The van der Waals surface area contributed by atoms with E-state index in [1.807, 2.05) is 29.1 Å². The zero-order valence-electron chi connectivity index (χ0n) is 9.39. The third-order valence-corrected chi connectivity index (χ3v) is 2.66. The van der Waals surface area contributed by atoms with Crippen molar-refractivity contribution >= 4 is 17.6 Å². The highest BCUT2D eigenvalue weighted by atomic mass is 35.5. The molecule has 0 amide bonds. The minimum absolute atomic E-state index is 0.336. The second kappa shape index (κ2) is 5.06. The lowest BCUT2D eigenvalue weighted by Gasteiger charge is -2.08. The lowest BCUT2D eigenvalue weighted by Crippen LogP contribution is -2.05. The van der Waals surface area contributed by atoms with E-state index in [4.69, 9.17) is 16.3 Å². The van der Waals surface area contributed by atoms with Gasteiger partial charge in [-0.05, 0) is 37.3 Å². The Morgan fingerprint density at radius 3 is 2.71 bits per heavy atom. The first-order valence-corrected chi connectivity index (χ1v) is 5.70. The highest BCUT2D eigenvalue weighted by Gasteiger charge is 2.10. The molecule has 1 aromatic carbocycles. The summed E-state index contributed by atoms with van der Waals surface area (Å²) in [6.07, 6.45) is 3.74. The van der Waals surface area contributed by atoms with Crippen LogP contribution >= 0.6 is 11.6 Å². The van der Waals surface area contributed by atoms with Gasteiger partial charge >= 0.3 is 5.97 Å². The van der Waals surface area contributed by atoms with E-state index in [9.17, 15) is 4.79 Å². The van der Waals surface area contributed by atoms with Gasteiger partial charge in [-0.25, -0.2) is 4.79 Å². The van der Waals surface area contributed by atoms with E-state index in [0.717, 1.165) is 5.69 Å². The van der Waals surface area contributed by atoms with Crippen LogP contribution in [0.15, 0.2) is 42.7 Å². The standard InChI is InChI=1S/C13H12ClNO2/c1-2-17-13(16)10-5-6-11(14)12(9-10)15-7-3-4-8-15/h3-9H,2H2,1H3. The number of esters is 1. The summed E-state index contributed by atoms with van der Waals surface area (Å²) in [5, 5.41) is 0.592. The molecule has 2 aromatic rings. The lowest BCUT2D eigenvalue weighted by atomic mass is 10.2. The van der Waals surface area contributed by atoms with Crippen molar-refractivity contribution in [3.8, 4) is 5.69 Å². The maximum absolute atomic E-state index is 11.6. The van der Waals surface area contributed by atoms with E-state index in [0.29, 0.717) is 17.2 Å². The summed E-state index contributed by atoms with van der Waals surface area (Å²) in [7, 11) is 0. The highest BCUT2D eigenvalue weighted by molar-refractivity contribution is 6.32. The largest absolute Gasteiger partial charge is 0.462 e. The van der Waals surface area contributed by atoms with Crippen molar-refractivity contribution in [3.63, 3.8) is 0 Å². The van der Waals surface area contributed by atoms with Crippen LogP contribution in [0.2, 0.25) is 5.02 Å². The van der Waals surface area contributed by atoms with Gasteiger partial charge in [-0.1, -0.05) is 11.6 Å². The predicted octanol–water partition coefficient (Wildman–Crippen LogP) is 3.31. The van der Waals surface area contributed by atoms with Crippen molar-refractivity contribution < 1.29 is 9.53 Å². The van der Waals surface area contributed by atoms with E-state index in [1.54, 1.807) is 25.1 Å². The predicted molar refractivity (Wildman–Crippen MR) is 66.7 cm³/mol. The van der Waals surface area contributed by atoms with E-state index in [-0.39, 0.29) is 5.97 Å². The monoisotopic (exact) mass is 249 g/mol. The van der Waals surface area contributed by atoms with E-state index >= 15 is 0 Å². The van der Waals surface area contributed by atoms with Crippen molar-refractivity contribution in [1.29, 1.82) is 0 Å². The Kier molecular flexibility index (Phi) is 3.49. The molecule has 17 heavy (non-hydrogen) atoms. The average molecular weight is 250 g/mol. The van der Waals surface area contributed by atoms with Crippen molar-refractivity contribution in [2.75, 3.05) is 6.61 Å². The molecule has 0 aliphatic heterocycles. The number of carbonyl (C=O) groups is 1. The quantitative estimate of drug-likeness (QED) is 0.782. The van der Waals surface area contributed by atoms with Gasteiger partial charge < -0.3 is 9.30 Å². The van der Waals surface area contributed by atoms with Gasteiger partial charge in [-0.2, -0.15) is 0 Å². The SMILES string of the molecule is CCOC(=O)c1ccc(Cl)c(-n2cccc2)c1. The highest BCUT2D eigenvalue weighted by Crippen LogP contribution is 2.22. The molecule has 0 radical (unpaired) electrons. The van der Waals surface area contributed by atoms with Gasteiger partial charge in [-0.3, -0.25) is 0 Å². The van der Waals surface area contributed by atoms with Crippen LogP contribution in [-0.4, -0.2) is 17.1 Å².